The molecule has 1 atom stereocenters. The first-order valence-electron chi connectivity index (χ1n) is 8.20. The van der Waals surface area contributed by atoms with Gasteiger partial charge in [-0.15, -0.1) is 0 Å². The van der Waals surface area contributed by atoms with Gasteiger partial charge in [-0.3, -0.25) is 9.69 Å². The van der Waals surface area contributed by atoms with Gasteiger partial charge in [-0.25, -0.2) is 4.79 Å². The summed E-state index contributed by atoms with van der Waals surface area (Å²) in [5, 5.41) is 0.859. The van der Waals surface area contributed by atoms with Gasteiger partial charge in [0.2, 0.25) is 5.91 Å². The fourth-order valence-corrected chi connectivity index (χ4v) is 3.44. The highest BCUT2D eigenvalue weighted by Gasteiger charge is 2.47. The smallest absolute Gasteiger partial charge is 0.328 e. The Balaban J connectivity index is 2.00. The van der Waals surface area contributed by atoms with Gasteiger partial charge in [0.15, 0.2) is 0 Å². The van der Waals surface area contributed by atoms with Crippen molar-refractivity contribution >= 4 is 40.8 Å². The molecule has 2 fully saturated rings. The molecule has 0 saturated heterocycles. The predicted octanol–water partition coefficient (Wildman–Crippen LogP) is 4.47. The fraction of sp³-hybridized carbons (Fsp3) is 0.556. The van der Waals surface area contributed by atoms with Crippen molar-refractivity contribution in [1.82, 2.24) is 0 Å². The van der Waals surface area contributed by atoms with Crippen molar-refractivity contribution in [3.8, 4) is 0 Å². The van der Waals surface area contributed by atoms with Crippen LogP contribution in [-0.4, -0.2) is 25.0 Å². The van der Waals surface area contributed by atoms with Crippen molar-refractivity contribution in [2.75, 3.05) is 12.0 Å². The number of carbonyl (C=O) groups is 2. The monoisotopic (exact) mass is 369 g/mol. The number of nitrogens with zero attached hydrogens (tertiary/aromatic N) is 1. The number of benzene rings is 1. The molecular formula is C18H21Cl2NO3. The average Bonchev–Trinajstić information content (AvgIpc) is 3.44. The Kier molecular flexibility index (Phi) is 4.80. The van der Waals surface area contributed by atoms with E-state index >= 15 is 0 Å². The lowest BCUT2D eigenvalue weighted by Gasteiger charge is -2.32. The lowest BCUT2D eigenvalue weighted by Crippen LogP contribution is -2.48. The zero-order chi connectivity index (χ0) is 17.5. The second-order valence-corrected chi connectivity index (χ2v) is 7.98. The minimum Gasteiger partial charge on any atom is -0.467 e. The Morgan fingerprint density at radius 1 is 1.33 bits per heavy atom. The summed E-state index contributed by atoms with van der Waals surface area (Å²) in [5.74, 6) is -0.488. The lowest BCUT2D eigenvalue weighted by molar-refractivity contribution is -0.144. The van der Waals surface area contributed by atoms with Crippen LogP contribution in [-0.2, 0) is 14.3 Å². The summed E-state index contributed by atoms with van der Waals surface area (Å²) in [6.07, 6.45) is 4.40. The summed E-state index contributed by atoms with van der Waals surface area (Å²) in [5.41, 5.74) is 0.609. The Morgan fingerprint density at radius 2 is 2.00 bits per heavy atom. The van der Waals surface area contributed by atoms with Crippen LogP contribution in [0.4, 0.5) is 5.69 Å². The van der Waals surface area contributed by atoms with E-state index in [2.05, 4.69) is 6.92 Å². The normalized spacial score (nSPS) is 19.5. The molecule has 1 aromatic carbocycles. The molecule has 2 aliphatic rings. The number of hydrogen-bond donors (Lipinski definition) is 0. The maximum atomic E-state index is 12.9. The summed E-state index contributed by atoms with van der Waals surface area (Å²) in [6, 6.07) is 4.33. The van der Waals surface area contributed by atoms with Crippen LogP contribution in [0.3, 0.4) is 0 Å². The second kappa shape index (κ2) is 6.57. The summed E-state index contributed by atoms with van der Waals surface area (Å²) in [6.45, 7) is 2.13. The molecule has 2 saturated carbocycles. The van der Waals surface area contributed by atoms with Gasteiger partial charge in [-0.05, 0) is 55.7 Å². The molecule has 0 bridgehead atoms. The zero-order valence-electron chi connectivity index (χ0n) is 13.9. The predicted molar refractivity (Wildman–Crippen MR) is 94.4 cm³/mol. The third-order valence-electron chi connectivity index (χ3n) is 4.91. The first-order chi connectivity index (χ1) is 11.3. The standard InChI is InChI=1S/C18H21Cl2NO3/c1-18(7-8-18)10-15(17(23)24-2)21(16(22)11-3-4-11)14-6-5-12(19)9-13(14)20/h5-6,9,11,15H,3-4,7-8,10H2,1-2H3. The van der Waals surface area contributed by atoms with Crippen molar-refractivity contribution in [3.05, 3.63) is 28.2 Å². The molecule has 1 unspecified atom stereocenters. The second-order valence-electron chi connectivity index (χ2n) is 7.13. The summed E-state index contributed by atoms with van der Waals surface area (Å²) in [4.78, 5) is 27.0. The van der Waals surface area contributed by atoms with E-state index in [1.807, 2.05) is 0 Å². The Labute approximate surface area is 152 Å². The van der Waals surface area contributed by atoms with Crippen LogP contribution in [0, 0.1) is 11.3 Å². The third kappa shape index (κ3) is 3.70. The van der Waals surface area contributed by atoms with E-state index in [1.165, 1.54) is 7.11 Å². The van der Waals surface area contributed by atoms with E-state index in [1.54, 1.807) is 23.1 Å². The van der Waals surface area contributed by atoms with Crippen molar-refractivity contribution in [2.45, 2.75) is 45.1 Å². The van der Waals surface area contributed by atoms with Crippen LogP contribution in [0.2, 0.25) is 10.0 Å². The molecule has 1 aromatic rings. The van der Waals surface area contributed by atoms with E-state index in [0.717, 1.165) is 25.7 Å². The highest BCUT2D eigenvalue weighted by molar-refractivity contribution is 6.37. The van der Waals surface area contributed by atoms with Crippen LogP contribution in [0.25, 0.3) is 0 Å². The number of methoxy groups -OCH3 is 1. The molecule has 0 heterocycles. The molecule has 0 N–H and O–H groups in total. The molecule has 2 aliphatic carbocycles. The number of hydrogen-bond acceptors (Lipinski definition) is 3. The quantitative estimate of drug-likeness (QED) is 0.695. The van der Waals surface area contributed by atoms with E-state index in [9.17, 15) is 9.59 Å². The molecule has 1 amide bonds. The average molecular weight is 370 g/mol. The lowest BCUT2D eigenvalue weighted by atomic mass is 9.97. The first kappa shape index (κ1) is 17.6. The number of halogens is 2. The maximum Gasteiger partial charge on any atom is 0.328 e. The molecule has 24 heavy (non-hydrogen) atoms. The van der Waals surface area contributed by atoms with E-state index in [4.69, 9.17) is 27.9 Å². The molecular weight excluding hydrogens is 349 g/mol. The van der Waals surface area contributed by atoms with Crippen molar-refractivity contribution in [3.63, 3.8) is 0 Å². The van der Waals surface area contributed by atoms with E-state index in [0.29, 0.717) is 22.2 Å². The number of carbonyl (C=O) groups excluding carboxylic acids is 2. The van der Waals surface area contributed by atoms with Gasteiger partial charge < -0.3 is 4.74 Å². The number of rotatable bonds is 6. The van der Waals surface area contributed by atoms with Gasteiger partial charge in [0.25, 0.3) is 0 Å². The molecule has 0 radical (unpaired) electrons. The summed E-state index contributed by atoms with van der Waals surface area (Å²) >= 11 is 12.3. The van der Waals surface area contributed by atoms with Crippen molar-refractivity contribution in [1.29, 1.82) is 0 Å². The molecule has 6 heteroatoms. The van der Waals surface area contributed by atoms with Gasteiger partial charge in [0.1, 0.15) is 6.04 Å². The zero-order valence-corrected chi connectivity index (χ0v) is 15.4. The van der Waals surface area contributed by atoms with Crippen LogP contribution in [0.5, 0.6) is 0 Å². The van der Waals surface area contributed by atoms with Crippen molar-refractivity contribution < 1.29 is 14.3 Å². The number of ether oxygens (including phenoxy) is 1. The van der Waals surface area contributed by atoms with Crippen molar-refractivity contribution in [2.24, 2.45) is 11.3 Å². The van der Waals surface area contributed by atoms with E-state index < -0.39 is 12.0 Å². The SMILES string of the molecule is COC(=O)C(CC1(C)CC1)N(C(=O)C1CC1)c1ccc(Cl)cc1Cl. The number of amides is 1. The Bertz CT molecular complexity index is 668. The first-order valence-corrected chi connectivity index (χ1v) is 8.96. The van der Waals surface area contributed by atoms with Gasteiger partial charge >= 0.3 is 5.97 Å². The number of anilines is 1. The number of esters is 1. The molecule has 0 aliphatic heterocycles. The molecule has 4 nitrogen and oxygen atoms in total. The largest absolute Gasteiger partial charge is 0.467 e. The summed E-state index contributed by atoms with van der Waals surface area (Å²) < 4.78 is 5.00. The Hall–Kier alpha value is -1.26. The van der Waals surface area contributed by atoms with Gasteiger partial charge in [0.05, 0.1) is 17.8 Å². The minimum absolute atomic E-state index is 0.0316. The topological polar surface area (TPSA) is 46.6 Å². The summed E-state index contributed by atoms with van der Waals surface area (Å²) in [7, 11) is 1.35. The minimum atomic E-state index is -0.658. The van der Waals surface area contributed by atoms with Gasteiger partial charge in [0, 0.05) is 10.9 Å². The third-order valence-corrected chi connectivity index (χ3v) is 5.45. The van der Waals surface area contributed by atoms with Gasteiger partial charge in [-0.1, -0.05) is 30.1 Å². The maximum absolute atomic E-state index is 12.9. The van der Waals surface area contributed by atoms with Crippen LogP contribution < -0.4 is 4.90 Å². The fourth-order valence-electron chi connectivity index (χ4n) is 2.94. The Morgan fingerprint density at radius 3 is 2.50 bits per heavy atom. The molecule has 3 rings (SSSR count). The van der Waals surface area contributed by atoms with Crippen LogP contribution >= 0.6 is 23.2 Å². The molecule has 0 spiro atoms. The highest BCUT2D eigenvalue weighted by Crippen LogP contribution is 2.50. The van der Waals surface area contributed by atoms with E-state index in [-0.39, 0.29) is 17.2 Å². The highest BCUT2D eigenvalue weighted by atomic mass is 35.5. The molecule has 130 valence electrons. The molecule has 0 aromatic heterocycles. The van der Waals surface area contributed by atoms with Crippen LogP contribution in [0.1, 0.15) is 39.0 Å². The van der Waals surface area contributed by atoms with Gasteiger partial charge in [-0.2, -0.15) is 0 Å². The van der Waals surface area contributed by atoms with Crippen LogP contribution in [0.15, 0.2) is 18.2 Å².